The lowest BCUT2D eigenvalue weighted by Crippen LogP contribution is -2.13. The van der Waals surface area contributed by atoms with Crippen LogP contribution in [0.15, 0.2) is 241 Å². The summed E-state index contributed by atoms with van der Waals surface area (Å²) in [5.74, 6) is 0. The van der Waals surface area contributed by atoms with Crippen LogP contribution in [0.5, 0.6) is 0 Å². The van der Waals surface area contributed by atoms with Crippen molar-refractivity contribution in [1.29, 1.82) is 0 Å². The van der Waals surface area contributed by atoms with Crippen molar-refractivity contribution in [2.24, 2.45) is 0 Å². The molecule has 0 saturated carbocycles. The standard InChI is InChI=1S/C58H39NO/c1-4-18-40(19-5-1)45-34-36-54(52(39-45)43-23-8-3-9-24-43)59(53-30-16-14-28-50(53)49-27-13-12-26-47(49)42-21-6-2-7-22-42)55-37-35-48(46-33-32-41-20-10-11-25-44(41)38-46)58-57(55)51-29-15-17-31-56(51)60-58/h1-39H. The maximum Gasteiger partial charge on any atom is 0.145 e. The van der Waals surface area contributed by atoms with Gasteiger partial charge in [-0.3, -0.25) is 0 Å². The molecular formula is C58H39NO. The molecule has 0 unspecified atom stereocenters. The van der Waals surface area contributed by atoms with Gasteiger partial charge in [-0.1, -0.05) is 194 Å². The van der Waals surface area contributed by atoms with Crippen LogP contribution in [0.2, 0.25) is 0 Å². The zero-order chi connectivity index (χ0) is 39.8. The number of para-hydroxylation sites is 2. The van der Waals surface area contributed by atoms with Crippen LogP contribution in [0.4, 0.5) is 17.1 Å². The molecule has 0 fully saturated rings. The first-order valence-electron chi connectivity index (χ1n) is 20.5. The van der Waals surface area contributed by atoms with E-state index in [9.17, 15) is 0 Å². The second-order valence-corrected chi connectivity index (χ2v) is 15.2. The molecule has 60 heavy (non-hydrogen) atoms. The number of nitrogens with zero attached hydrogens (tertiary/aromatic N) is 1. The first-order valence-corrected chi connectivity index (χ1v) is 20.5. The van der Waals surface area contributed by atoms with Gasteiger partial charge in [-0.05, 0) is 92.2 Å². The van der Waals surface area contributed by atoms with Gasteiger partial charge in [-0.15, -0.1) is 0 Å². The van der Waals surface area contributed by atoms with E-state index < -0.39 is 0 Å². The number of hydrogen-bond acceptors (Lipinski definition) is 2. The summed E-state index contributed by atoms with van der Waals surface area (Å²) in [5, 5.41) is 4.54. The normalized spacial score (nSPS) is 11.3. The van der Waals surface area contributed by atoms with Gasteiger partial charge in [0.1, 0.15) is 11.2 Å². The van der Waals surface area contributed by atoms with Gasteiger partial charge in [-0.2, -0.15) is 0 Å². The molecule has 10 aromatic carbocycles. The lowest BCUT2D eigenvalue weighted by atomic mass is 9.91. The number of hydrogen-bond donors (Lipinski definition) is 0. The van der Waals surface area contributed by atoms with Crippen LogP contribution in [0.1, 0.15) is 0 Å². The monoisotopic (exact) mass is 765 g/mol. The van der Waals surface area contributed by atoms with Gasteiger partial charge >= 0.3 is 0 Å². The Balaban J connectivity index is 1.24. The summed E-state index contributed by atoms with van der Waals surface area (Å²) in [4.78, 5) is 2.47. The van der Waals surface area contributed by atoms with Crippen LogP contribution in [-0.4, -0.2) is 0 Å². The Hall–Kier alpha value is -7.94. The molecule has 2 nitrogen and oxygen atoms in total. The van der Waals surface area contributed by atoms with Crippen LogP contribution in [-0.2, 0) is 0 Å². The van der Waals surface area contributed by atoms with Crippen molar-refractivity contribution < 1.29 is 4.42 Å². The van der Waals surface area contributed by atoms with Gasteiger partial charge in [0.05, 0.1) is 22.4 Å². The van der Waals surface area contributed by atoms with Gasteiger partial charge in [0.15, 0.2) is 0 Å². The van der Waals surface area contributed by atoms with Crippen molar-refractivity contribution >= 4 is 49.8 Å². The van der Waals surface area contributed by atoms with E-state index in [-0.39, 0.29) is 0 Å². The van der Waals surface area contributed by atoms with Gasteiger partial charge in [-0.25, -0.2) is 0 Å². The lowest BCUT2D eigenvalue weighted by molar-refractivity contribution is 0.670. The summed E-state index contributed by atoms with van der Waals surface area (Å²) >= 11 is 0. The van der Waals surface area contributed by atoms with Crippen molar-refractivity contribution in [2.45, 2.75) is 0 Å². The van der Waals surface area contributed by atoms with Crippen molar-refractivity contribution in [3.05, 3.63) is 237 Å². The molecule has 2 heteroatoms. The molecule has 11 rings (SSSR count). The molecule has 1 heterocycles. The Morgan fingerprint density at radius 3 is 1.60 bits per heavy atom. The lowest BCUT2D eigenvalue weighted by Gasteiger charge is -2.31. The number of furan rings is 1. The highest BCUT2D eigenvalue weighted by Crippen LogP contribution is 2.51. The van der Waals surface area contributed by atoms with Crippen molar-refractivity contribution in [2.75, 3.05) is 4.90 Å². The summed E-state index contributed by atoms with van der Waals surface area (Å²) in [7, 11) is 0. The largest absolute Gasteiger partial charge is 0.455 e. The van der Waals surface area contributed by atoms with Crippen molar-refractivity contribution in [1.82, 2.24) is 0 Å². The predicted molar refractivity (Wildman–Crippen MR) is 253 cm³/mol. The molecule has 0 saturated heterocycles. The highest BCUT2D eigenvalue weighted by Gasteiger charge is 2.27. The highest BCUT2D eigenvalue weighted by molar-refractivity contribution is 6.18. The highest BCUT2D eigenvalue weighted by atomic mass is 16.3. The number of anilines is 3. The van der Waals surface area contributed by atoms with E-state index in [1.54, 1.807) is 0 Å². The van der Waals surface area contributed by atoms with Crippen LogP contribution >= 0.6 is 0 Å². The van der Waals surface area contributed by atoms with Gasteiger partial charge < -0.3 is 9.32 Å². The van der Waals surface area contributed by atoms with Crippen molar-refractivity contribution in [3.63, 3.8) is 0 Å². The molecule has 0 aliphatic heterocycles. The molecular weight excluding hydrogens is 727 g/mol. The number of fused-ring (bicyclic) bond motifs is 4. The fourth-order valence-corrected chi connectivity index (χ4v) is 8.84. The Bertz CT molecular complexity index is 3310. The average molecular weight is 766 g/mol. The molecule has 1 aromatic heterocycles. The zero-order valence-electron chi connectivity index (χ0n) is 32.9. The minimum atomic E-state index is 0.854. The molecule has 0 aliphatic rings. The molecule has 0 aliphatic carbocycles. The molecule has 282 valence electrons. The summed E-state index contributed by atoms with van der Waals surface area (Å²) in [6.45, 7) is 0. The van der Waals surface area contributed by atoms with E-state index in [0.29, 0.717) is 0 Å². The topological polar surface area (TPSA) is 16.4 Å². The van der Waals surface area contributed by atoms with E-state index >= 15 is 0 Å². The van der Waals surface area contributed by atoms with E-state index in [1.165, 1.54) is 27.5 Å². The van der Waals surface area contributed by atoms with Gasteiger partial charge in [0.25, 0.3) is 0 Å². The average Bonchev–Trinajstić information content (AvgIpc) is 3.73. The van der Waals surface area contributed by atoms with E-state index in [0.717, 1.165) is 77.9 Å². The Morgan fingerprint density at radius 2 is 0.833 bits per heavy atom. The quantitative estimate of drug-likeness (QED) is 0.153. The summed E-state index contributed by atoms with van der Waals surface area (Å²) in [5.41, 5.74) is 16.3. The third-order valence-corrected chi connectivity index (χ3v) is 11.7. The summed E-state index contributed by atoms with van der Waals surface area (Å²) in [6.07, 6.45) is 0. The zero-order valence-corrected chi connectivity index (χ0v) is 32.9. The van der Waals surface area contributed by atoms with E-state index in [4.69, 9.17) is 4.42 Å². The molecule has 0 radical (unpaired) electrons. The maximum atomic E-state index is 6.97. The maximum absolute atomic E-state index is 6.97. The Morgan fingerprint density at radius 1 is 0.283 bits per heavy atom. The van der Waals surface area contributed by atoms with Crippen LogP contribution in [0.3, 0.4) is 0 Å². The number of rotatable bonds is 8. The second kappa shape index (κ2) is 15.1. The van der Waals surface area contributed by atoms with E-state index in [2.05, 4.69) is 241 Å². The molecule has 0 spiro atoms. The van der Waals surface area contributed by atoms with E-state index in [1.807, 2.05) is 0 Å². The third-order valence-electron chi connectivity index (χ3n) is 11.7. The summed E-state index contributed by atoms with van der Waals surface area (Å²) in [6, 6.07) is 84.9. The first-order chi connectivity index (χ1) is 29.8. The Labute approximate surface area is 349 Å². The fourth-order valence-electron chi connectivity index (χ4n) is 8.84. The Kier molecular flexibility index (Phi) is 8.87. The molecule has 0 bridgehead atoms. The van der Waals surface area contributed by atoms with Gasteiger partial charge in [0.2, 0.25) is 0 Å². The molecule has 0 atom stereocenters. The van der Waals surface area contributed by atoms with Gasteiger partial charge in [0, 0.05) is 22.1 Å². The number of benzene rings is 10. The van der Waals surface area contributed by atoms with Crippen molar-refractivity contribution in [3.8, 4) is 55.6 Å². The third kappa shape index (κ3) is 6.23. The SMILES string of the molecule is c1ccc(-c2ccc(N(c3ccccc3-c3ccccc3-c3ccccc3)c3ccc(-c4ccc5ccccc5c4)c4oc5ccccc5c34)c(-c3ccccc3)c2)cc1. The van der Waals surface area contributed by atoms with Crippen LogP contribution < -0.4 is 4.90 Å². The van der Waals surface area contributed by atoms with Crippen LogP contribution in [0.25, 0.3) is 88.3 Å². The molecule has 11 aromatic rings. The first kappa shape index (κ1) is 35.2. The molecule has 0 amide bonds. The minimum absolute atomic E-state index is 0.854. The predicted octanol–water partition coefficient (Wildman–Crippen LogP) is 16.5. The molecule has 0 N–H and O–H groups in total. The van der Waals surface area contributed by atoms with Crippen LogP contribution in [0, 0.1) is 0 Å². The smallest absolute Gasteiger partial charge is 0.145 e. The summed E-state index contributed by atoms with van der Waals surface area (Å²) < 4.78 is 6.97. The minimum Gasteiger partial charge on any atom is -0.455 e. The second-order valence-electron chi connectivity index (χ2n) is 15.2. The fraction of sp³-hybridized carbons (Fsp3) is 0.